The van der Waals surface area contributed by atoms with E-state index in [4.69, 9.17) is 5.73 Å². The topological polar surface area (TPSA) is 29.3 Å². The normalized spacial score (nSPS) is 39.2. The van der Waals surface area contributed by atoms with Crippen LogP contribution in [-0.4, -0.2) is 30.1 Å². The number of nitrogens with zero attached hydrogens (tertiary/aromatic N) is 1. The SMILES string of the molecule is CC(C)C1CCC(N2CCCC(C)C2CN)CC1. The number of likely N-dealkylation sites (tertiary alicyclic amines) is 1. The second kappa shape index (κ2) is 6.38. The quantitative estimate of drug-likeness (QED) is 0.835. The van der Waals surface area contributed by atoms with Gasteiger partial charge >= 0.3 is 0 Å². The van der Waals surface area contributed by atoms with Crippen molar-refractivity contribution in [3.63, 3.8) is 0 Å². The predicted molar refractivity (Wildman–Crippen MR) is 78.5 cm³/mol. The first-order chi connectivity index (χ1) is 8.63. The third-order valence-corrected chi connectivity index (χ3v) is 5.55. The van der Waals surface area contributed by atoms with Crippen LogP contribution in [0.2, 0.25) is 0 Å². The van der Waals surface area contributed by atoms with Crippen molar-refractivity contribution >= 4 is 0 Å². The molecule has 0 aromatic carbocycles. The smallest absolute Gasteiger partial charge is 0.0246 e. The molecule has 0 bridgehead atoms. The first kappa shape index (κ1) is 14.3. The van der Waals surface area contributed by atoms with Crippen molar-refractivity contribution in [2.24, 2.45) is 23.5 Å². The van der Waals surface area contributed by atoms with Gasteiger partial charge in [0, 0.05) is 18.6 Å². The van der Waals surface area contributed by atoms with Gasteiger partial charge in [0.15, 0.2) is 0 Å². The maximum Gasteiger partial charge on any atom is 0.0246 e. The molecule has 1 aliphatic carbocycles. The Balaban J connectivity index is 1.91. The molecule has 106 valence electrons. The number of rotatable bonds is 3. The Hall–Kier alpha value is -0.0800. The van der Waals surface area contributed by atoms with Crippen molar-refractivity contribution in [3.8, 4) is 0 Å². The predicted octanol–water partition coefficient (Wildman–Crippen LogP) is 3.26. The Morgan fingerprint density at radius 1 is 1.11 bits per heavy atom. The molecule has 2 heteroatoms. The van der Waals surface area contributed by atoms with Gasteiger partial charge in [0.2, 0.25) is 0 Å². The molecule has 0 aromatic rings. The molecule has 0 radical (unpaired) electrons. The zero-order chi connectivity index (χ0) is 13.1. The zero-order valence-corrected chi connectivity index (χ0v) is 12.6. The van der Waals surface area contributed by atoms with Gasteiger partial charge in [0.05, 0.1) is 0 Å². The molecule has 2 unspecified atom stereocenters. The van der Waals surface area contributed by atoms with Gasteiger partial charge in [-0.2, -0.15) is 0 Å². The maximum absolute atomic E-state index is 6.02. The number of nitrogens with two attached hydrogens (primary N) is 1. The van der Waals surface area contributed by atoms with Crippen LogP contribution in [0, 0.1) is 17.8 Å². The molecule has 2 atom stereocenters. The molecule has 18 heavy (non-hydrogen) atoms. The Kier molecular flexibility index (Phi) is 5.08. The molecule has 1 saturated carbocycles. The van der Waals surface area contributed by atoms with Gasteiger partial charge < -0.3 is 5.73 Å². The fourth-order valence-electron chi connectivity index (χ4n) is 4.20. The molecule has 1 saturated heterocycles. The van der Waals surface area contributed by atoms with Crippen molar-refractivity contribution in [1.82, 2.24) is 4.90 Å². The lowest BCUT2D eigenvalue weighted by Gasteiger charge is -2.46. The third-order valence-electron chi connectivity index (χ3n) is 5.55. The molecule has 0 amide bonds. The largest absolute Gasteiger partial charge is 0.329 e. The van der Waals surface area contributed by atoms with Gasteiger partial charge in [-0.1, -0.05) is 20.8 Å². The monoisotopic (exact) mass is 252 g/mol. The molecular weight excluding hydrogens is 220 g/mol. The molecule has 0 spiro atoms. The second-order valence-corrected chi connectivity index (χ2v) is 6.97. The lowest BCUT2D eigenvalue weighted by Crippen LogP contribution is -2.53. The summed E-state index contributed by atoms with van der Waals surface area (Å²) >= 11 is 0. The molecule has 2 N–H and O–H groups in total. The lowest BCUT2D eigenvalue weighted by atomic mass is 9.78. The highest BCUT2D eigenvalue weighted by atomic mass is 15.2. The van der Waals surface area contributed by atoms with Crippen LogP contribution in [0.3, 0.4) is 0 Å². The van der Waals surface area contributed by atoms with E-state index < -0.39 is 0 Å². The summed E-state index contributed by atoms with van der Waals surface area (Å²) in [5.74, 6) is 2.64. The fourth-order valence-corrected chi connectivity index (χ4v) is 4.20. The second-order valence-electron chi connectivity index (χ2n) is 6.97. The average Bonchev–Trinajstić information content (AvgIpc) is 2.38. The summed E-state index contributed by atoms with van der Waals surface area (Å²) in [7, 11) is 0. The van der Waals surface area contributed by atoms with Gasteiger partial charge in [0.25, 0.3) is 0 Å². The summed E-state index contributed by atoms with van der Waals surface area (Å²) < 4.78 is 0. The number of hydrogen-bond acceptors (Lipinski definition) is 2. The first-order valence-corrected chi connectivity index (χ1v) is 8.09. The number of hydrogen-bond donors (Lipinski definition) is 1. The van der Waals surface area contributed by atoms with Crippen LogP contribution < -0.4 is 5.73 Å². The van der Waals surface area contributed by atoms with E-state index in [-0.39, 0.29) is 0 Å². The summed E-state index contributed by atoms with van der Waals surface area (Å²) in [6.45, 7) is 9.31. The van der Waals surface area contributed by atoms with E-state index in [9.17, 15) is 0 Å². The zero-order valence-electron chi connectivity index (χ0n) is 12.6. The molecule has 1 aliphatic heterocycles. The highest BCUT2D eigenvalue weighted by Crippen LogP contribution is 2.35. The minimum absolute atomic E-state index is 0.652. The van der Waals surface area contributed by atoms with E-state index in [1.165, 1.54) is 45.1 Å². The molecule has 1 heterocycles. The number of piperidine rings is 1. The molecule has 0 aromatic heterocycles. The van der Waals surface area contributed by atoms with Crippen molar-refractivity contribution in [2.45, 2.75) is 71.4 Å². The van der Waals surface area contributed by atoms with Gasteiger partial charge in [-0.3, -0.25) is 4.90 Å². The summed E-state index contributed by atoms with van der Waals surface area (Å²) in [6, 6.07) is 1.48. The van der Waals surface area contributed by atoms with Crippen molar-refractivity contribution in [2.75, 3.05) is 13.1 Å². The highest BCUT2D eigenvalue weighted by Gasteiger charge is 2.34. The fraction of sp³-hybridized carbons (Fsp3) is 1.00. The van der Waals surface area contributed by atoms with Gasteiger partial charge in [-0.05, 0) is 62.8 Å². The Labute approximate surface area is 113 Å². The van der Waals surface area contributed by atoms with Crippen molar-refractivity contribution in [1.29, 1.82) is 0 Å². The summed E-state index contributed by atoms with van der Waals surface area (Å²) in [5.41, 5.74) is 6.02. The van der Waals surface area contributed by atoms with E-state index in [0.717, 1.165) is 30.3 Å². The van der Waals surface area contributed by atoms with Gasteiger partial charge in [0.1, 0.15) is 0 Å². The first-order valence-electron chi connectivity index (χ1n) is 8.09. The van der Waals surface area contributed by atoms with Crippen LogP contribution in [0.5, 0.6) is 0 Å². The Morgan fingerprint density at radius 2 is 1.78 bits per heavy atom. The van der Waals surface area contributed by atoms with Crippen LogP contribution in [0.25, 0.3) is 0 Å². The van der Waals surface area contributed by atoms with E-state index in [1.807, 2.05) is 0 Å². The highest BCUT2D eigenvalue weighted by molar-refractivity contribution is 4.89. The molecule has 2 rings (SSSR count). The maximum atomic E-state index is 6.02. The van der Waals surface area contributed by atoms with Crippen molar-refractivity contribution in [3.05, 3.63) is 0 Å². The van der Waals surface area contributed by atoms with Crippen LogP contribution >= 0.6 is 0 Å². The minimum Gasteiger partial charge on any atom is -0.329 e. The van der Waals surface area contributed by atoms with Crippen molar-refractivity contribution < 1.29 is 0 Å². The van der Waals surface area contributed by atoms with Crippen LogP contribution in [-0.2, 0) is 0 Å². The summed E-state index contributed by atoms with van der Waals surface area (Å²) in [5, 5.41) is 0. The van der Waals surface area contributed by atoms with E-state index in [1.54, 1.807) is 0 Å². The van der Waals surface area contributed by atoms with Gasteiger partial charge in [-0.25, -0.2) is 0 Å². The minimum atomic E-state index is 0.652. The molecule has 2 fully saturated rings. The Morgan fingerprint density at radius 3 is 2.33 bits per heavy atom. The molecule has 2 nitrogen and oxygen atoms in total. The molecular formula is C16H32N2. The van der Waals surface area contributed by atoms with E-state index >= 15 is 0 Å². The van der Waals surface area contributed by atoms with Gasteiger partial charge in [-0.15, -0.1) is 0 Å². The molecule has 2 aliphatic rings. The van der Waals surface area contributed by atoms with Crippen LogP contribution in [0.1, 0.15) is 59.3 Å². The Bertz CT molecular complexity index is 243. The third kappa shape index (κ3) is 3.08. The average molecular weight is 252 g/mol. The lowest BCUT2D eigenvalue weighted by molar-refractivity contribution is 0.0337. The van der Waals surface area contributed by atoms with Crippen LogP contribution in [0.15, 0.2) is 0 Å². The summed E-state index contributed by atoms with van der Waals surface area (Å²) in [4.78, 5) is 2.77. The van der Waals surface area contributed by atoms with Crippen LogP contribution in [0.4, 0.5) is 0 Å². The standard InChI is InChI=1S/C16H32N2/c1-12(2)14-6-8-15(9-7-14)18-10-4-5-13(3)16(18)11-17/h12-16H,4-11,17H2,1-3H3. The van der Waals surface area contributed by atoms with E-state index in [2.05, 4.69) is 25.7 Å². The van der Waals surface area contributed by atoms with E-state index in [0.29, 0.717) is 6.04 Å². The summed E-state index contributed by atoms with van der Waals surface area (Å²) in [6.07, 6.45) is 8.44.